The molecule has 2 N–H and O–H groups in total. The monoisotopic (exact) mass is 248 g/mol. The molecule has 0 fully saturated rings. The predicted octanol–water partition coefficient (Wildman–Crippen LogP) is 2.87. The Hall–Kier alpha value is -1.71. The minimum Gasteiger partial charge on any atom is -0.497 e. The lowest BCUT2D eigenvalue weighted by atomic mass is 9.81. The third kappa shape index (κ3) is 2.03. The quantitative estimate of drug-likeness (QED) is 0.864. The van der Waals surface area contributed by atoms with Gasteiger partial charge in [0.2, 0.25) is 5.91 Å². The van der Waals surface area contributed by atoms with Crippen LogP contribution in [0.4, 0.5) is 11.4 Å². The van der Waals surface area contributed by atoms with Crippen LogP contribution in [0.25, 0.3) is 0 Å². The van der Waals surface area contributed by atoms with E-state index in [0.29, 0.717) is 6.54 Å². The van der Waals surface area contributed by atoms with Crippen molar-refractivity contribution in [1.29, 1.82) is 0 Å². The van der Waals surface area contributed by atoms with Crippen LogP contribution in [0.2, 0.25) is 0 Å². The van der Waals surface area contributed by atoms with E-state index in [1.165, 1.54) is 0 Å². The molecule has 4 nitrogen and oxygen atoms in total. The first-order valence-corrected chi connectivity index (χ1v) is 6.38. The highest BCUT2D eigenvalue weighted by Crippen LogP contribution is 2.36. The van der Waals surface area contributed by atoms with E-state index in [-0.39, 0.29) is 11.3 Å². The summed E-state index contributed by atoms with van der Waals surface area (Å²) in [5, 5.41) is 6.37. The van der Waals surface area contributed by atoms with E-state index in [2.05, 4.69) is 24.5 Å². The van der Waals surface area contributed by atoms with Gasteiger partial charge in [0.05, 0.1) is 23.9 Å². The van der Waals surface area contributed by atoms with E-state index in [0.717, 1.165) is 30.0 Å². The lowest BCUT2D eigenvalue weighted by Crippen LogP contribution is -2.39. The van der Waals surface area contributed by atoms with Gasteiger partial charge in [0, 0.05) is 12.6 Å². The van der Waals surface area contributed by atoms with E-state index in [1.54, 1.807) is 7.11 Å². The molecule has 1 heterocycles. The molecule has 1 aliphatic heterocycles. The minimum atomic E-state index is -0.327. The molecular weight excluding hydrogens is 228 g/mol. The number of hydrogen-bond acceptors (Lipinski definition) is 3. The maximum absolute atomic E-state index is 12.3. The largest absolute Gasteiger partial charge is 0.497 e. The second-order valence-corrected chi connectivity index (χ2v) is 4.71. The van der Waals surface area contributed by atoms with Gasteiger partial charge in [-0.2, -0.15) is 0 Å². The summed E-state index contributed by atoms with van der Waals surface area (Å²) in [6.45, 7) is 4.77. The van der Waals surface area contributed by atoms with Crippen molar-refractivity contribution in [3.63, 3.8) is 0 Å². The van der Waals surface area contributed by atoms with Gasteiger partial charge in [-0.3, -0.25) is 4.79 Å². The zero-order chi connectivity index (χ0) is 13.2. The second kappa shape index (κ2) is 4.88. The van der Waals surface area contributed by atoms with Crippen molar-refractivity contribution in [1.82, 2.24) is 0 Å². The smallest absolute Gasteiger partial charge is 0.232 e. The molecule has 1 amide bonds. The summed E-state index contributed by atoms with van der Waals surface area (Å²) in [7, 11) is 1.64. The van der Waals surface area contributed by atoms with Crippen molar-refractivity contribution < 1.29 is 9.53 Å². The van der Waals surface area contributed by atoms with Crippen LogP contribution in [-0.4, -0.2) is 19.6 Å². The molecule has 1 aliphatic rings. The Morgan fingerprint density at radius 2 is 2.00 bits per heavy atom. The van der Waals surface area contributed by atoms with Crippen LogP contribution in [0.5, 0.6) is 5.75 Å². The zero-order valence-electron chi connectivity index (χ0n) is 11.2. The fourth-order valence-corrected chi connectivity index (χ4v) is 2.33. The first-order valence-electron chi connectivity index (χ1n) is 6.38. The molecular formula is C14H20N2O2. The van der Waals surface area contributed by atoms with Crippen LogP contribution in [-0.2, 0) is 4.79 Å². The van der Waals surface area contributed by atoms with Crippen LogP contribution < -0.4 is 15.4 Å². The molecule has 0 aliphatic carbocycles. The highest BCUT2D eigenvalue weighted by Gasteiger charge is 2.37. The Morgan fingerprint density at radius 3 is 2.61 bits per heavy atom. The fraction of sp³-hybridized carbons (Fsp3) is 0.500. The minimum absolute atomic E-state index is 0.101. The van der Waals surface area contributed by atoms with Crippen LogP contribution >= 0.6 is 0 Å². The number of rotatable bonds is 3. The number of hydrogen-bond donors (Lipinski definition) is 2. The number of benzene rings is 1. The first kappa shape index (κ1) is 12.7. The Bertz CT molecular complexity index is 453. The molecule has 4 heteroatoms. The summed E-state index contributed by atoms with van der Waals surface area (Å²) < 4.78 is 5.20. The molecule has 0 spiro atoms. The molecule has 1 aromatic carbocycles. The van der Waals surface area contributed by atoms with E-state index in [1.807, 2.05) is 18.2 Å². The zero-order valence-corrected chi connectivity index (χ0v) is 11.2. The molecule has 0 saturated heterocycles. The standard InChI is InChI=1S/C14H20N2O2/c1-4-14(5-2)9-15-12-8-10(18-3)6-7-11(12)16-13(14)17/h6-8,15H,4-5,9H2,1-3H3,(H,16,17). The van der Waals surface area contributed by atoms with Crippen molar-refractivity contribution in [2.24, 2.45) is 5.41 Å². The Kier molecular flexibility index (Phi) is 3.45. The molecule has 0 unspecified atom stereocenters. The molecule has 18 heavy (non-hydrogen) atoms. The number of carbonyl (C=O) groups excluding carboxylic acids is 1. The van der Waals surface area contributed by atoms with E-state index < -0.39 is 0 Å². The first-order chi connectivity index (χ1) is 8.65. The highest BCUT2D eigenvalue weighted by atomic mass is 16.5. The van der Waals surface area contributed by atoms with Crippen molar-refractivity contribution in [2.75, 3.05) is 24.3 Å². The summed E-state index contributed by atoms with van der Waals surface area (Å²) >= 11 is 0. The van der Waals surface area contributed by atoms with Crippen LogP contribution in [0.15, 0.2) is 18.2 Å². The normalized spacial score (nSPS) is 17.2. The van der Waals surface area contributed by atoms with Gasteiger partial charge in [-0.05, 0) is 25.0 Å². The number of ether oxygens (including phenoxy) is 1. The summed E-state index contributed by atoms with van der Waals surface area (Å²) in [6, 6.07) is 5.64. The van der Waals surface area contributed by atoms with E-state index >= 15 is 0 Å². The molecule has 2 rings (SSSR count). The predicted molar refractivity (Wildman–Crippen MR) is 73.1 cm³/mol. The number of amides is 1. The molecule has 0 aromatic heterocycles. The Morgan fingerprint density at radius 1 is 1.28 bits per heavy atom. The molecule has 0 saturated carbocycles. The topological polar surface area (TPSA) is 50.4 Å². The average molecular weight is 248 g/mol. The maximum atomic E-state index is 12.3. The van der Waals surface area contributed by atoms with Gasteiger partial charge >= 0.3 is 0 Å². The maximum Gasteiger partial charge on any atom is 0.232 e. The fourth-order valence-electron chi connectivity index (χ4n) is 2.33. The number of methoxy groups -OCH3 is 1. The lowest BCUT2D eigenvalue weighted by Gasteiger charge is -2.27. The van der Waals surface area contributed by atoms with Crippen molar-refractivity contribution in [2.45, 2.75) is 26.7 Å². The van der Waals surface area contributed by atoms with Crippen LogP contribution in [0.1, 0.15) is 26.7 Å². The number of fused-ring (bicyclic) bond motifs is 1. The second-order valence-electron chi connectivity index (χ2n) is 4.71. The van der Waals surface area contributed by atoms with E-state index in [9.17, 15) is 4.79 Å². The Balaban J connectivity index is 2.35. The Labute approximate surface area is 108 Å². The van der Waals surface area contributed by atoms with Crippen LogP contribution in [0, 0.1) is 5.41 Å². The van der Waals surface area contributed by atoms with Gasteiger partial charge in [-0.1, -0.05) is 13.8 Å². The molecule has 0 bridgehead atoms. The molecule has 0 atom stereocenters. The summed E-state index contributed by atoms with van der Waals surface area (Å²) in [5.74, 6) is 0.889. The molecule has 0 radical (unpaired) electrons. The molecule has 98 valence electrons. The lowest BCUT2D eigenvalue weighted by molar-refractivity contribution is -0.125. The van der Waals surface area contributed by atoms with Gasteiger partial charge in [0.25, 0.3) is 0 Å². The van der Waals surface area contributed by atoms with Gasteiger partial charge in [-0.25, -0.2) is 0 Å². The molecule has 1 aromatic rings. The summed E-state index contributed by atoms with van der Waals surface area (Å²) in [4.78, 5) is 12.3. The van der Waals surface area contributed by atoms with Gasteiger partial charge in [-0.15, -0.1) is 0 Å². The number of carbonyl (C=O) groups is 1. The van der Waals surface area contributed by atoms with Gasteiger partial charge in [0.15, 0.2) is 0 Å². The number of anilines is 2. The van der Waals surface area contributed by atoms with E-state index in [4.69, 9.17) is 4.74 Å². The summed E-state index contributed by atoms with van der Waals surface area (Å²) in [5.41, 5.74) is 1.42. The summed E-state index contributed by atoms with van der Waals surface area (Å²) in [6.07, 6.45) is 1.65. The van der Waals surface area contributed by atoms with Crippen LogP contribution in [0.3, 0.4) is 0 Å². The van der Waals surface area contributed by atoms with Gasteiger partial charge in [0.1, 0.15) is 5.75 Å². The third-order valence-corrected chi connectivity index (χ3v) is 3.93. The third-order valence-electron chi connectivity index (χ3n) is 3.93. The highest BCUT2D eigenvalue weighted by molar-refractivity contribution is 6.00. The van der Waals surface area contributed by atoms with Crippen molar-refractivity contribution >= 4 is 17.3 Å². The SMILES string of the molecule is CCC1(CC)CNc2cc(OC)ccc2NC1=O. The van der Waals surface area contributed by atoms with Crippen molar-refractivity contribution in [3.8, 4) is 5.75 Å². The van der Waals surface area contributed by atoms with Gasteiger partial charge < -0.3 is 15.4 Å². The average Bonchev–Trinajstić information content (AvgIpc) is 2.54. The van der Waals surface area contributed by atoms with Crippen molar-refractivity contribution in [3.05, 3.63) is 18.2 Å². The number of nitrogens with one attached hydrogen (secondary N) is 2.